The van der Waals surface area contributed by atoms with E-state index in [2.05, 4.69) is 5.32 Å². The molecule has 0 saturated carbocycles. The molecule has 0 radical (unpaired) electrons. The minimum atomic E-state index is -0.931. The van der Waals surface area contributed by atoms with E-state index in [9.17, 15) is 9.59 Å². The average molecular weight is 330 g/mol. The van der Waals surface area contributed by atoms with Crippen LogP contribution < -0.4 is 5.32 Å². The van der Waals surface area contributed by atoms with E-state index in [1.165, 1.54) is 6.08 Å². The third-order valence-corrected chi connectivity index (χ3v) is 3.15. The molecule has 1 aromatic carbocycles. The van der Waals surface area contributed by atoms with Crippen LogP contribution in [0.15, 0.2) is 24.3 Å². The zero-order valence-electron chi connectivity index (χ0n) is 11.6. The maximum atomic E-state index is 11.8. The number of benzene rings is 1. The van der Waals surface area contributed by atoms with E-state index in [1.54, 1.807) is 24.3 Å². The minimum Gasteiger partial charge on any atom is -0.481 e. The van der Waals surface area contributed by atoms with Crippen molar-refractivity contribution in [3.05, 3.63) is 39.9 Å². The fourth-order valence-electron chi connectivity index (χ4n) is 1.88. The van der Waals surface area contributed by atoms with E-state index in [1.807, 2.05) is 6.92 Å². The van der Waals surface area contributed by atoms with Crippen LogP contribution >= 0.6 is 23.2 Å². The quantitative estimate of drug-likeness (QED) is 0.748. The highest BCUT2D eigenvalue weighted by molar-refractivity contribution is 6.34. The summed E-state index contributed by atoms with van der Waals surface area (Å²) in [6, 6.07) is 4.59. The van der Waals surface area contributed by atoms with E-state index in [0.717, 1.165) is 6.42 Å². The summed E-state index contributed by atoms with van der Waals surface area (Å²) in [5, 5.41) is 12.4. The topological polar surface area (TPSA) is 66.4 Å². The third-order valence-electron chi connectivity index (χ3n) is 2.72. The van der Waals surface area contributed by atoms with Gasteiger partial charge in [0.1, 0.15) is 0 Å². The molecule has 0 aliphatic heterocycles. The Morgan fingerprint density at radius 3 is 2.43 bits per heavy atom. The molecular weight excluding hydrogens is 313 g/mol. The van der Waals surface area contributed by atoms with Crippen LogP contribution in [0, 0.1) is 0 Å². The molecule has 1 unspecified atom stereocenters. The summed E-state index contributed by atoms with van der Waals surface area (Å²) in [7, 11) is 0. The summed E-state index contributed by atoms with van der Waals surface area (Å²) in [6.07, 6.45) is 4.25. The molecule has 6 heteroatoms. The molecule has 0 heterocycles. The molecular formula is C15H17Cl2NO3. The second kappa shape index (κ2) is 8.70. The second-order valence-electron chi connectivity index (χ2n) is 4.63. The fourth-order valence-corrected chi connectivity index (χ4v) is 2.42. The normalized spacial score (nSPS) is 12.3. The van der Waals surface area contributed by atoms with Crippen molar-refractivity contribution in [2.24, 2.45) is 0 Å². The Bertz CT molecular complexity index is 523. The maximum Gasteiger partial charge on any atom is 0.305 e. The molecule has 0 bridgehead atoms. The lowest BCUT2D eigenvalue weighted by Gasteiger charge is -2.14. The van der Waals surface area contributed by atoms with Crippen molar-refractivity contribution < 1.29 is 14.7 Å². The molecule has 1 aromatic rings. The van der Waals surface area contributed by atoms with Gasteiger partial charge in [-0.15, -0.1) is 0 Å². The predicted molar refractivity (Wildman–Crippen MR) is 84.6 cm³/mol. The lowest BCUT2D eigenvalue weighted by atomic mass is 10.1. The Balaban J connectivity index is 2.66. The van der Waals surface area contributed by atoms with Crippen LogP contribution in [0.1, 0.15) is 31.7 Å². The van der Waals surface area contributed by atoms with Crippen molar-refractivity contribution in [2.45, 2.75) is 32.2 Å². The number of rotatable bonds is 7. The van der Waals surface area contributed by atoms with E-state index in [0.29, 0.717) is 22.0 Å². The molecule has 114 valence electrons. The number of hydrogen-bond donors (Lipinski definition) is 2. The highest BCUT2D eigenvalue weighted by Crippen LogP contribution is 2.19. The van der Waals surface area contributed by atoms with Crippen molar-refractivity contribution in [2.75, 3.05) is 0 Å². The van der Waals surface area contributed by atoms with Crippen molar-refractivity contribution in [1.29, 1.82) is 0 Å². The second-order valence-corrected chi connectivity index (χ2v) is 5.50. The molecule has 0 aliphatic carbocycles. The molecule has 1 atom stereocenters. The van der Waals surface area contributed by atoms with E-state index >= 15 is 0 Å². The molecule has 0 spiro atoms. The zero-order chi connectivity index (χ0) is 15.8. The van der Waals surface area contributed by atoms with Gasteiger partial charge in [0.25, 0.3) is 0 Å². The van der Waals surface area contributed by atoms with E-state index in [-0.39, 0.29) is 18.4 Å². The molecule has 1 rings (SSSR count). The average Bonchev–Trinajstić information content (AvgIpc) is 2.34. The smallest absolute Gasteiger partial charge is 0.305 e. The summed E-state index contributed by atoms with van der Waals surface area (Å²) in [5.41, 5.74) is 0.702. The number of carbonyl (C=O) groups excluding carboxylic acids is 1. The molecule has 0 saturated heterocycles. The maximum absolute atomic E-state index is 11.8. The lowest BCUT2D eigenvalue weighted by Crippen LogP contribution is -2.35. The molecule has 2 N–H and O–H groups in total. The Kier molecular flexibility index (Phi) is 7.26. The largest absolute Gasteiger partial charge is 0.481 e. The van der Waals surface area contributed by atoms with Gasteiger partial charge >= 0.3 is 5.97 Å². The van der Waals surface area contributed by atoms with Crippen LogP contribution in [0.2, 0.25) is 10.0 Å². The standard InChI is InChI=1S/C15H17Cl2NO3/c1-2-3-13(9-15(20)21)18-14(19)5-4-10-6-11(16)8-12(17)7-10/h4-8,13H,2-3,9H2,1H3,(H,18,19)(H,20,21)/b5-4+. The first kappa shape index (κ1) is 17.5. The fraction of sp³-hybridized carbons (Fsp3) is 0.333. The molecule has 0 aromatic heterocycles. The summed E-state index contributed by atoms with van der Waals surface area (Å²) in [6.45, 7) is 1.94. The molecule has 21 heavy (non-hydrogen) atoms. The Morgan fingerprint density at radius 2 is 1.90 bits per heavy atom. The highest BCUT2D eigenvalue weighted by Gasteiger charge is 2.13. The monoisotopic (exact) mass is 329 g/mol. The van der Waals surface area contributed by atoms with Crippen molar-refractivity contribution in [3.8, 4) is 0 Å². The van der Waals surface area contributed by atoms with Crippen LogP contribution in [0.3, 0.4) is 0 Å². The number of halogens is 2. The van der Waals surface area contributed by atoms with E-state index in [4.69, 9.17) is 28.3 Å². The van der Waals surface area contributed by atoms with Crippen LogP contribution in [0.4, 0.5) is 0 Å². The summed E-state index contributed by atoms with van der Waals surface area (Å²) in [5.74, 6) is -1.27. The number of aliphatic carboxylic acids is 1. The number of hydrogen-bond acceptors (Lipinski definition) is 2. The Labute approximate surface area is 133 Å². The molecule has 1 amide bonds. The van der Waals surface area contributed by atoms with Gasteiger partial charge in [0.2, 0.25) is 5.91 Å². The zero-order valence-corrected chi connectivity index (χ0v) is 13.1. The van der Waals surface area contributed by atoms with Crippen LogP contribution in [0.25, 0.3) is 6.08 Å². The predicted octanol–water partition coefficient (Wildman–Crippen LogP) is 3.77. The number of carbonyl (C=O) groups is 2. The van der Waals surface area contributed by atoms with Gasteiger partial charge in [-0.3, -0.25) is 9.59 Å². The summed E-state index contributed by atoms with van der Waals surface area (Å²) < 4.78 is 0. The van der Waals surface area contributed by atoms with Gasteiger partial charge < -0.3 is 10.4 Å². The molecule has 4 nitrogen and oxygen atoms in total. The molecule has 0 aliphatic rings. The van der Waals surface area contributed by atoms with Gasteiger partial charge in [-0.2, -0.15) is 0 Å². The van der Waals surface area contributed by atoms with Crippen LogP contribution in [-0.2, 0) is 9.59 Å². The number of carboxylic acids is 1. The van der Waals surface area contributed by atoms with Crippen LogP contribution in [-0.4, -0.2) is 23.0 Å². The number of nitrogens with one attached hydrogen (secondary N) is 1. The van der Waals surface area contributed by atoms with Gasteiger partial charge in [-0.1, -0.05) is 36.5 Å². The van der Waals surface area contributed by atoms with Crippen molar-refractivity contribution in [1.82, 2.24) is 5.32 Å². The first-order chi connectivity index (χ1) is 9.90. The first-order valence-electron chi connectivity index (χ1n) is 6.57. The van der Waals surface area contributed by atoms with Gasteiger partial charge in [-0.05, 0) is 36.3 Å². The lowest BCUT2D eigenvalue weighted by molar-refractivity contribution is -0.137. The Hall–Kier alpha value is -1.52. The minimum absolute atomic E-state index is 0.0869. The van der Waals surface area contributed by atoms with E-state index < -0.39 is 5.97 Å². The van der Waals surface area contributed by atoms with Crippen molar-refractivity contribution >= 4 is 41.2 Å². The van der Waals surface area contributed by atoms with Gasteiger partial charge in [0.05, 0.1) is 6.42 Å². The van der Waals surface area contributed by atoms with Gasteiger partial charge in [0, 0.05) is 22.2 Å². The van der Waals surface area contributed by atoms with Gasteiger partial charge in [0.15, 0.2) is 0 Å². The SMILES string of the molecule is CCCC(CC(=O)O)NC(=O)/C=C/c1cc(Cl)cc(Cl)c1. The van der Waals surface area contributed by atoms with Crippen LogP contribution in [0.5, 0.6) is 0 Å². The van der Waals surface area contributed by atoms with Gasteiger partial charge in [-0.25, -0.2) is 0 Å². The highest BCUT2D eigenvalue weighted by atomic mass is 35.5. The summed E-state index contributed by atoms with van der Waals surface area (Å²) in [4.78, 5) is 22.5. The third kappa shape index (κ3) is 7.16. The molecule has 0 fully saturated rings. The summed E-state index contributed by atoms with van der Waals surface area (Å²) >= 11 is 11.7. The number of carboxylic acid groups (broad SMARTS) is 1. The Morgan fingerprint density at radius 1 is 1.29 bits per heavy atom. The number of amides is 1. The first-order valence-corrected chi connectivity index (χ1v) is 7.32. The van der Waals surface area contributed by atoms with Crippen molar-refractivity contribution in [3.63, 3.8) is 0 Å².